The fourth-order valence-corrected chi connectivity index (χ4v) is 1.50. The summed E-state index contributed by atoms with van der Waals surface area (Å²) in [4.78, 5) is 24.0. The Labute approximate surface area is 79.7 Å². The number of hydrogen-bond acceptors (Lipinski definition) is 4. The van der Waals surface area contributed by atoms with Crippen LogP contribution in [0.15, 0.2) is 40.1 Å². The third-order valence-electron chi connectivity index (χ3n) is 2.18. The van der Waals surface area contributed by atoms with Gasteiger partial charge in [0.25, 0.3) is 0 Å². The predicted molar refractivity (Wildman–Crippen MR) is 52.2 cm³/mol. The third kappa shape index (κ3) is 0.821. The Morgan fingerprint density at radius 1 is 1.29 bits per heavy atom. The summed E-state index contributed by atoms with van der Waals surface area (Å²) < 4.78 is 0. The van der Waals surface area contributed by atoms with Crippen molar-refractivity contribution >= 4 is 23.5 Å². The summed E-state index contributed by atoms with van der Waals surface area (Å²) >= 11 is 0. The quantitative estimate of drug-likeness (QED) is 0.609. The lowest BCUT2D eigenvalue weighted by Crippen LogP contribution is -2.16. The molecule has 0 aliphatic carbocycles. The van der Waals surface area contributed by atoms with Crippen molar-refractivity contribution in [1.29, 1.82) is 0 Å². The summed E-state index contributed by atoms with van der Waals surface area (Å²) in [6.45, 7) is 0. The number of nitrogens with zero attached hydrogens (tertiary/aromatic N) is 3. The zero-order chi connectivity index (χ0) is 9.54. The summed E-state index contributed by atoms with van der Waals surface area (Å²) in [6.07, 6.45) is 4.74. The number of fused-ring (bicyclic) bond motifs is 2. The highest BCUT2D eigenvalue weighted by Crippen LogP contribution is 2.26. The van der Waals surface area contributed by atoms with E-state index in [0.29, 0.717) is 22.7 Å². The number of rotatable bonds is 0. The molecular weight excluding hydrogens is 178 g/mol. The fraction of sp³-hybridized carbons (Fsp3) is 0. The maximum absolute atomic E-state index is 11.8. The van der Waals surface area contributed by atoms with Crippen LogP contribution in [0.2, 0.25) is 0 Å². The monoisotopic (exact) mass is 183 g/mol. The number of pyridine rings is 1. The van der Waals surface area contributed by atoms with E-state index in [4.69, 9.17) is 0 Å². The number of ketones is 1. The second-order valence-corrected chi connectivity index (χ2v) is 3.02. The van der Waals surface area contributed by atoms with Crippen molar-refractivity contribution in [1.82, 2.24) is 4.98 Å². The molecule has 4 heteroatoms. The zero-order valence-corrected chi connectivity index (χ0v) is 7.14. The number of carbonyl (C=O) groups is 1. The Balaban J connectivity index is 2.31. The topological polar surface area (TPSA) is 54.7 Å². The fourth-order valence-electron chi connectivity index (χ4n) is 1.50. The number of aromatic nitrogens is 1. The van der Waals surface area contributed by atoms with Crippen LogP contribution in [0.25, 0.3) is 0 Å². The number of allylic oxidation sites excluding steroid dienone is 1. The summed E-state index contributed by atoms with van der Waals surface area (Å²) in [7, 11) is 0. The van der Waals surface area contributed by atoms with Crippen LogP contribution in [0.3, 0.4) is 0 Å². The molecule has 3 heterocycles. The average molecular weight is 183 g/mol. The molecule has 2 aliphatic rings. The van der Waals surface area contributed by atoms with Crippen LogP contribution in [0.1, 0.15) is 10.4 Å². The number of carbonyl (C=O) groups excluding carboxylic acids is 1. The summed E-state index contributed by atoms with van der Waals surface area (Å²) in [5.74, 6) is 0.439. The van der Waals surface area contributed by atoms with Gasteiger partial charge in [0.1, 0.15) is 0 Å². The van der Waals surface area contributed by atoms with Gasteiger partial charge in [-0.25, -0.2) is 9.98 Å². The first kappa shape index (κ1) is 7.32. The van der Waals surface area contributed by atoms with Crippen LogP contribution in [-0.2, 0) is 0 Å². The van der Waals surface area contributed by atoms with Gasteiger partial charge in [0, 0.05) is 12.4 Å². The van der Waals surface area contributed by atoms with Gasteiger partial charge < -0.3 is 0 Å². The highest BCUT2D eigenvalue weighted by molar-refractivity contribution is 6.51. The van der Waals surface area contributed by atoms with Gasteiger partial charge in [0.05, 0.1) is 23.1 Å². The molecule has 2 aliphatic heterocycles. The van der Waals surface area contributed by atoms with Crippen molar-refractivity contribution in [2.45, 2.75) is 0 Å². The van der Waals surface area contributed by atoms with Crippen LogP contribution in [0, 0.1) is 0 Å². The van der Waals surface area contributed by atoms with Gasteiger partial charge in [-0.1, -0.05) is 0 Å². The van der Waals surface area contributed by atoms with E-state index in [1.807, 2.05) is 0 Å². The second-order valence-electron chi connectivity index (χ2n) is 3.02. The lowest BCUT2D eigenvalue weighted by Gasteiger charge is -2.10. The second kappa shape index (κ2) is 2.45. The first-order chi connectivity index (χ1) is 6.86. The van der Waals surface area contributed by atoms with E-state index in [0.717, 1.165) is 0 Å². The van der Waals surface area contributed by atoms with Gasteiger partial charge in [-0.05, 0) is 12.1 Å². The molecule has 0 fully saturated rings. The Bertz CT molecular complexity index is 526. The van der Waals surface area contributed by atoms with Crippen molar-refractivity contribution in [3.63, 3.8) is 0 Å². The minimum absolute atomic E-state index is 0.0457. The maximum Gasteiger partial charge on any atom is 0.200 e. The van der Waals surface area contributed by atoms with E-state index in [1.54, 1.807) is 24.5 Å². The molecule has 0 aromatic carbocycles. The van der Waals surface area contributed by atoms with Crippen molar-refractivity contribution in [2.24, 2.45) is 9.98 Å². The van der Waals surface area contributed by atoms with E-state index in [2.05, 4.69) is 15.0 Å². The molecule has 0 saturated carbocycles. The van der Waals surface area contributed by atoms with Crippen LogP contribution in [0.4, 0.5) is 5.82 Å². The Kier molecular flexibility index (Phi) is 1.28. The minimum Gasteiger partial charge on any atom is -0.288 e. The van der Waals surface area contributed by atoms with Crippen LogP contribution >= 0.6 is 0 Å². The van der Waals surface area contributed by atoms with Crippen LogP contribution in [-0.4, -0.2) is 22.7 Å². The van der Waals surface area contributed by atoms with Gasteiger partial charge in [-0.15, -0.1) is 0 Å². The molecule has 0 saturated heterocycles. The summed E-state index contributed by atoms with van der Waals surface area (Å²) in [5, 5.41) is 0. The Morgan fingerprint density at radius 3 is 3.14 bits per heavy atom. The first-order valence-electron chi connectivity index (χ1n) is 4.18. The van der Waals surface area contributed by atoms with E-state index in [-0.39, 0.29) is 5.78 Å². The van der Waals surface area contributed by atoms with Crippen molar-refractivity contribution < 1.29 is 4.79 Å². The molecule has 0 N–H and O–H groups in total. The molecule has 14 heavy (non-hydrogen) atoms. The first-order valence-corrected chi connectivity index (χ1v) is 4.18. The molecule has 1 aromatic rings. The lowest BCUT2D eigenvalue weighted by molar-refractivity contribution is 0.104. The zero-order valence-electron chi connectivity index (χ0n) is 7.14. The third-order valence-corrected chi connectivity index (χ3v) is 2.18. The Hall–Kier alpha value is -2.10. The van der Waals surface area contributed by atoms with Gasteiger partial charge >= 0.3 is 0 Å². The normalized spacial score (nSPS) is 17.3. The highest BCUT2D eigenvalue weighted by atomic mass is 16.1. The highest BCUT2D eigenvalue weighted by Gasteiger charge is 2.26. The molecule has 0 radical (unpaired) electrons. The van der Waals surface area contributed by atoms with Crippen LogP contribution in [0.5, 0.6) is 0 Å². The van der Waals surface area contributed by atoms with Gasteiger partial charge in [-0.2, -0.15) is 0 Å². The van der Waals surface area contributed by atoms with Gasteiger partial charge in [0.15, 0.2) is 5.82 Å². The van der Waals surface area contributed by atoms with E-state index >= 15 is 0 Å². The van der Waals surface area contributed by atoms with Crippen molar-refractivity contribution in [3.05, 3.63) is 35.7 Å². The maximum atomic E-state index is 11.8. The largest absolute Gasteiger partial charge is 0.288 e. The molecule has 1 aromatic heterocycles. The molecule has 0 amide bonds. The SMILES string of the molecule is O=C1C2=CN=CC2=Nc2ncccc21. The van der Waals surface area contributed by atoms with Crippen molar-refractivity contribution in [3.8, 4) is 0 Å². The average Bonchev–Trinajstić information content (AvgIpc) is 2.66. The molecule has 0 unspecified atom stereocenters. The molecule has 66 valence electrons. The molecular formula is C10H5N3O. The smallest absolute Gasteiger partial charge is 0.200 e. The molecule has 0 spiro atoms. The Morgan fingerprint density at radius 2 is 2.21 bits per heavy atom. The number of hydrogen-bond donors (Lipinski definition) is 0. The van der Waals surface area contributed by atoms with Gasteiger partial charge in [-0.3, -0.25) is 9.79 Å². The standard InChI is InChI=1S/C10H5N3O/c14-9-6-2-1-3-12-10(6)13-8-5-11-4-7(8)9/h1-5H. The molecule has 0 bridgehead atoms. The lowest BCUT2D eigenvalue weighted by atomic mass is 9.99. The van der Waals surface area contributed by atoms with Crippen molar-refractivity contribution in [2.75, 3.05) is 0 Å². The van der Waals surface area contributed by atoms with E-state index < -0.39 is 0 Å². The molecule has 3 rings (SSSR count). The van der Waals surface area contributed by atoms with E-state index in [9.17, 15) is 4.79 Å². The number of aliphatic imine (C=N–C) groups is 2. The van der Waals surface area contributed by atoms with Crippen LogP contribution < -0.4 is 0 Å². The van der Waals surface area contributed by atoms with Gasteiger partial charge in [0.2, 0.25) is 5.78 Å². The molecule has 0 atom stereocenters. The number of Topliss-reactive ketones (excluding diaryl/α,β-unsaturated/α-hetero) is 1. The minimum atomic E-state index is -0.0457. The summed E-state index contributed by atoms with van der Waals surface area (Å²) in [5.41, 5.74) is 1.72. The predicted octanol–water partition coefficient (Wildman–Crippen LogP) is 1.32. The van der Waals surface area contributed by atoms with E-state index in [1.165, 1.54) is 6.20 Å². The summed E-state index contributed by atoms with van der Waals surface area (Å²) in [6, 6.07) is 3.46. The molecule has 4 nitrogen and oxygen atoms in total.